The van der Waals surface area contributed by atoms with Crippen LogP contribution < -0.4 is 33.7 Å². The van der Waals surface area contributed by atoms with Crippen LogP contribution in [0, 0.1) is 0 Å². The van der Waals surface area contributed by atoms with Gasteiger partial charge in [0.05, 0.1) is 33.0 Å². The van der Waals surface area contributed by atoms with Gasteiger partial charge in [-0.3, -0.25) is 9.59 Å². The second-order valence-electron chi connectivity index (χ2n) is 14.2. The molecule has 4 aromatic rings. The SMILES string of the molecule is CCOc1cc(OCC)c2c(c1)C(=O)c1cccc(OC(C)C3CCCN3)c1-2.CCOc1cc(OCC)c2c(c1)C(=O)c1cccc(OCCCN(CC)CC)c1-2. The van der Waals surface area contributed by atoms with Gasteiger partial charge in [0.15, 0.2) is 11.6 Å². The number of ether oxygens (including phenoxy) is 6. The van der Waals surface area contributed by atoms with Crippen LogP contribution in [0.15, 0.2) is 60.7 Å². The molecule has 2 aliphatic carbocycles. The van der Waals surface area contributed by atoms with Crippen LogP contribution in [0.4, 0.5) is 0 Å². The molecule has 0 aromatic heterocycles. The Labute approximate surface area is 337 Å². The standard InChI is InChI=1S/C24H31NO4.C23H27NO4/c1-5-25(6-2)13-10-14-29-20-12-9-11-18-22(20)23-19(24(18)26)15-17(27-7-3)16-21(23)28-8-4;1-4-26-15-12-17-22(20(13-15)27-5-2)21-16(23(17)25)8-6-10-19(21)28-14(3)18-9-7-11-24-18/h9,11-12,15-16H,5-8,10,13-14H2,1-4H3;6,8,10,12-14,18,24H,4-5,7,9,11H2,1-3H3. The Bertz CT molecular complexity index is 2030. The second-order valence-corrected chi connectivity index (χ2v) is 14.2. The zero-order chi connectivity index (χ0) is 40.5. The van der Waals surface area contributed by atoms with E-state index in [9.17, 15) is 9.59 Å². The van der Waals surface area contributed by atoms with Gasteiger partial charge >= 0.3 is 0 Å². The average Bonchev–Trinajstić information content (AvgIpc) is 3.93. The Kier molecular flexibility index (Phi) is 14.1. The minimum absolute atomic E-state index is 0.00824. The van der Waals surface area contributed by atoms with Gasteiger partial charge in [-0.15, -0.1) is 0 Å². The highest BCUT2D eigenvalue weighted by Crippen LogP contribution is 2.50. The Balaban J connectivity index is 0.000000193. The third-order valence-corrected chi connectivity index (χ3v) is 10.7. The van der Waals surface area contributed by atoms with Gasteiger partial charge in [0.2, 0.25) is 0 Å². The number of ketones is 2. The van der Waals surface area contributed by atoms with E-state index < -0.39 is 0 Å². The fourth-order valence-electron chi connectivity index (χ4n) is 7.96. The van der Waals surface area contributed by atoms with Gasteiger partial charge in [-0.05, 0) is 97.8 Å². The van der Waals surface area contributed by atoms with Crippen LogP contribution in [-0.4, -0.2) is 87.8 Å². The molecule has 0 amide bonds. The minimum Gasteiger partial charge on any atom is -0.494 e. The van der Waals surface area contributed by atoms with Gasteiger partial charge in [-0.2, -0.15) is 0 Å². The monoisotopic (exact) mass is 778 g/mol. The maximum Gasteiger partial charge on any atom is 0.194 e. The summed E-state index contributed by atoms with van der Waals surface area (Å²) < 4.78 is 35.6. The fourth-order valence-corrected chi connectivity index (χ4v) is 7.96. The third kappa shape index (κ3) is 8.92. The van der Waals surface area contributed by atoms with E-state index in [2.05, 4.69) is 31.0 Å². The van der Waals surface area contributed by atoms with Crippen molar-refractivity contribution in [1.82, 2.24) is 10.2 Å². The lowest BCUT2D eigenvalue weighted by Gasteiger charge is -2.23. The van der Waals surface area contributed by atoms with Crippen molar-refractivity contribution in [2.75, 3.05) is 59.2 Å². The highest BCUT2D eigenvalue weighted by molar-refractivity contribution is 6.24. The molecule has 1 aliphatic heterocycles. The lowest BCUT2D eigenvalue weighted by Crippen LogP contribution is -2.36. The van der Waals surface area contributed by atoms with E-state index in [1.54, 1.807) is 0 Å². The molecule has 4 aromatic carbocycles. The minimum atomic E-state index is -0.00963. The molecule has 1 heterocycles. The number of nitrogens with zero attached hydrogens (tertiary/aromatic N) is 1. The van der Waals surface area contributed by atoms with Crippen molar-refractivity contribution in [2.45, 2.75) is 79.9 Å². The normalized spacial score (nSPS) is 15.3. The molecule has 1 N–H and O–H groups in total. The first-order valence-corrected chi connectivity index (χ1v) is 20.8. The van der Waals surface area contributed by atoms with Crippen molar-refractivity contribution < 1.29 is 38.0 Å². The van der Waals surface area contributed by atoms with Crippen molar-refractivity contribution in [3.63, 3.8) is 0 Å². The maximum atomic E-state index is 13.1. The molecule has 10 nitrogen and oxygen atoms in total. The number of hydrogen-bond donors (Lipinski definition) is 1. The third-order valence-electron chi connectivity index (χ3n) is 10.7. The molecule has 304 valence electrons. The summed E-state index contributed by atoms with van der Waals surface area (Å²) >= 11 is 0. The topological polar surface area (TPSA) is 105 Å². The summed E-state index contributed by atoms with van der Waals surface area (Å²) in [5.74, 6) is 4.08. The Morgan fingerprint density at radius 3 is 1.63 bits per heavy atom. The summed E-state index contributed by atoms with van der Waals surface area (Å²) in [5.41, 5.74) is 5.85. The van der Waals surface area contributed by atoms with Gasteiger partial charge in [0.25, 0.3) is 0 Å². The molecule has 7 rings (SSSR count). The Morgan fingerprint density at radius 1 is 0.632 bits per heavy atom. The van der Waals surface area contributed by atoms with Gasteiger partial charge in [0.1, 0.15) is 40.6 Å². The van der Waals surface area contributed by atoms with Crippen molar-refractivity contribution in [1.29, 1.82) is 0 Å². The zero-order valence-corrected chi connectivity index (χ0v) is 34.6. The predicted octanol–water partition coefficient (Wildman–Crippen LogP) is 9.02. The number of nitrogens with one attached hydrogen (secondary N) is 1. The largest absolute Gasteiger partial charge is 0.494 e. The summed E-state index contributed by atoms with van der Waals surface area (Å²) in [6, 6.07) is 19.1. The molecule has 3 aliphatic rings. The summed E-state index contributed by atoms with van der Waals surface area (Å²) in [6.45, 7) is 21.0. The lowest BCUT2D eigenvalue weighted by molar-refractivity contribution is 0.103. The number of hydrogen-bond acceptors (Lipinski definition) is 10. The average molecular weight is 779 g/mol. The molecule has 1 fully saturated rings. The van der Waals surface area contributed by atoms with Crippen LogP contribution in [-0.2, 0) is 0 Å². The zero-order valence-electron chi connectivity index (χ0n) is 34.6. The molecular formula is C47H58N2O8. The van der Waals surface area contributed by atoms with E-state index in [4.69, 9.17) is 28.4 Å². The van der Waals surface area contributed by atoms with Crippen LogP contribution in [0.2, 0.25) is 0 Å². The van der Waals surface area contributed by atoms with Crippen LogP contribution in [0.1, 0.15) is 99.6 Å². The molecular weight excluding hydrogens is 721 g/mol. The Hall–Kier alpha value is -5.06. The van der Waals surface area contributed by atoms with E-state index in [0.29, 0.717) is 84.3 Å². The number of carbonyl (C=O) groups excluding carboxylic acids is 2. The van der Waals surface area contributed by atoms with E-state index in [1.807, 2.05) is 88.4 Å². The predicted molar refractivity (Wildman–Crippen MR) is 224 cm³/mol. The molecule has 0 spiro atoms. The maximum absolute atomic E-state index is 13.1. The van der Waals surface area contributed by atoms with Gasteiger partial charge in [0, 0.05) is 69.2 Å². The van der Waals surface area contributed by atoms with Crippen LogP contribution in [0.25, 0.3) is 22.3 Å². The smallest absolute Gasteiger partial charge is 0.194 e. The summed E-state index contributed by atoms with van der Waals surface area (Å²) in [5, 5.41) is 3.49. The first-order chi connectivity index (χ1) is 27.8. The quantitative estimate of drug-likeness (QED) is 0.0851. The first-order valence-electron chi connectivity index (χ1n) is 20.8. The van der Waals surface area contributed by atoms with Crippen molar-refractivity contribution in [3.8, 4) is 56.8 Å². The first kappa shape index (κ1) is 41.6. The lowest BCUT2D eigenvalue weighted by atomic mass is 10.0. The molecule has 1 saturated heterocycles. The molecule has 2 atom stereocenters. The van der Waals surface area contributed by atoms with E-state index in [-0.39, 0.29) is 17.7 Å². The fraction of sp³-hybridized carbons (Fsp3) is 0.447. The Morgan fingerprint density at radius 2 is 1.14 bits per heavy atom. The van der Waals surface area contributed by atoms with Crippen LogP contribution >= 0.6 is 0 Å². The van der Waals surface area contributed by atoms with E-state index in [0.717, 1.165) is 72.8 Å². The number of carbonyl (C=O) groups is 2. The highest BCUT2D eigenvalue weighted by atomic mass is 16.5. The second kappa shape index (κ2) is 19.4. The number of fused-ring (bicyclic) bond motifs is 6. The van der Waals surface area contributed by atoms with Crippen LogP contribution in [0.3, 0.4) is 0 Å². The molecule has 2 unspecified atom stereocenters. The molecule has 0 saturated carbocycles. The summed E-state index contributed by atoms with van der Waals surface area (Å²) in [4.78, 5) is 28.6. The van der Waals surface area contributed by atoms with Crippen LogP contribution in [0.5, 0.6) is 34.5 Å². The molecule has 0 bridgehead atoms. The number of benzene rings is 4. The van der Waals surface area contributed by atoms with Crippen molar-refractivity contribution >= 4 is 11.6 Å². The summed E-state index contributed by atoms with van der Waals surface area (Å²) in [7, 11) is 0. The highest BCUT2D eigenvalue weighted by Gasteiger charge is 2.35. The molecule has 57 heavy (non-hydrogen) atoms. The van der Waals surface area contributed by atoms with E-state index >= 15 is 0 Å². The molecule has 0 radical (unpaired) electrons. The van der Waals surface area contributed by atoms with Crippen molar-refractivity contribution in [2.24, 2.45) is 0 Å². The van der Waals surface area contributed by atoms with Gasteiger partial charge in [-0.25, -0.2) is 0 Å². The number of rotatable bonds is 18. The van der Waals surface area contributed by atoms with Crippen molar-refractivity contribution in [3.05, 3.63) is 82.9 Å². The summed E-state index contributed by atoms with van der Waals surface area (Å²) in [6.07, 6.45) is 3.23. The van der Waals surface area contributed by atoms with Gasteiger partial charge < -0.3 is 38.6 Å². The van der Waals surface area contributed by atoms with Gasteiger partial charge in [-0.1, -0.05) is 38.1 Å². The molecule has 10 heteroatoms. The van der Waals surface area contributed by atoms with E-state index in [1.165, 1.54) is 6.42 Å².